The standard InChI is InChI=1S/C10H21NO3/c1-7(2)9(5-6-12)11-8(3)10(13)14-4/h7-9,11-12H,5-6H2,1-4H3. The molecule has 0 spiro atoms. The van der Waals surface area contributed by atoms with Crippen LogP contribution in [0.4, 0.5) is 0 Å². The fourth-order valence-electron chi connectivity index (χ4n) is 1.31. The number of ether oxygens (including phenoxy) is 1. The zero-order valence-electron chi connectivity index (χ0n) is 9.41. The Morgan fingerprint density at radius 1 is 1.43 bits per heavy atom. The van der Waals surface area contributed by atoms with Gasteiger partial charge in [0.05, 0.1) is 7.11 Å². The second-order valence-corrected chi connectivity index (χ2v) is 3.77. The number of aliphatic hydroxyl groups is 1. The molecule has 4 nitrogen and oxygen atoms in total. The topological polar surface area (TPSA) is 58.6 Å². The summed E-state index contributed by atoms with van der Waals surface area (Å²) in [5, 5.41) is 12.0. The van der Waals surface area contributed by atoms with E-state index in [1.165, 1.54) is 7.11 Å². The maximum atomic E-state index is 11.1. The molecule has 0 aromatic heterocycles. The number of hydrogen-bond acceptors (Lipinski definition) is 4. The van der Waals surface area contributed by atoms with E-state index in [0.717, 1.165) is 0 Å². The van der Waals surface area contributed by atoms with Crippen LogP contribution in [0.5, 0.6) is 0 Å². The SMILES string of the molecule is COC(=O)C(C)NC(CCO)C(C)C. The molecule has 0 bridgehead atoms. The van der Waals surface area contributed by atoms with Gasteiger partial charge in [0, 0.05) is 12.6 Å². The van der Waals surface area contributed by atoms with Crippen molar-refractivity contribution in [1.29, 1.82) is 0 Å². The van der Waals surface area contributed by atoms with Gasteiger partial charge in [-0.25, -0.2) is 0 Å². The van der Waals surface area contributed by atoms with Crippen LogP contribution in [0.15, 0.2) is 0 Å². The number of hydrogen-bond donors (Lipinski definition) is 2. The number of esters is 1. The third kappa shape index (κ3) is 4.58. The third-order valence-electron chi connectivity index (χ3n) is 2.26. The largest absolute Gasteiger partial charge is 0.468 e. The lowest BCUT2D eigenvalue weighted by molar-refractivity contribution is -0.143. The van der Waals surface area contributed by atoms with E-state index in [9.17, 15) is 4.79 Å². The first-order valence-corrected chi connectivity index (χ1v) is 4.97. The van der Waals surface area contributed by atoms with E-state index in [1.54, 1.807) is 6.92 Å². The molecule has 0 fully saturated rings. The number of aliphatic hydroxyl groups excluding tert-OH is 1. The van der Waals surface area contributed by atoms with Crippen molar-refractivity contribution in [2.45, 2.75) is 39.3 Å². The van der Waals surface area contributed by atoms with Crippen molar-refractivity contribution in [3.63, 3.8) is 0 Å². The minimum absolute atomic E-state index is 0.129. The van der Waals surface area contributed by atoms with E-state index in [-0.39, 0.29) is 24.7 Å². The Kier molecular flexibility index (Phi) is 6.49. The molecule has 2 N–H and O–H groups in total. The first-order chi connectivity index (χ1) is 6.52. The maximum Gasteiger partial charge on any atom is 0.322 e. The van der Waals surface area contributed by atoms with Crippen LogP contribution in [0.25, 0.3) is 0 Å². The molecule has 0 heterocycles. The molecule has 2 atom stereocenters. The molecular formula is C10H21NO3. The normalized spacial score (nSPS) is 15.3. The number of rotatable bonds is 6. The lowest BCUT2D eigenvalue weighted by atomic mass is 10.0. The average Bonchev–Trinajstić information content (AvgIpc) is 2.15. The maximum absolute atomic E-state index is 11.1. The Morgan fingerprint density at radius 3 is 2.36 bits per heavy atom. The fourth-order valence-corrected chi connectivity index (χ4v) is 1.31. The lowest BCUT2D eigenvalue weighted by Crippen LogP contribution is -2.44. The summed E-state index contributed by atoms with van der Waals surface area (Å²) in [5.41, 5.74) is 0. The molecule has 0 saturated heterocycles. The van der Waals surface area contributed by atoms with Crippen LogP contribution < -0.4 is 5.32 Å². The van der Waals surface area contributed by atoms with Crippen LogP contribution in [0.1, 0.15) is 27.2 Å². The zero-order chi connectivity index (χ0) is 11.1. The molecule has 4 heteroatoms. The number of methoxy groups -OCH3 is 1. The van der Waals surface area contributed by atoms with E-state index >= 15 is 0 Å². The van der Waals surface area contributed by atoms with Gasteiger partial charge >= 0.3 is 5.97 Å². The Morgan fingerprint density at radius 2 is 2.00 bits per heavy atom. The molecule has 0 aromatic carbocycles. The highest BCUT2D eigenvalue weighted by Gasteiger charge is 2.19. The highest BCUT2D eigenvalue weighted by atomic mass is 16.5. The summed E-state index contributed by atoms with van der Waals surface area (Å²) < 4.78 is 4.61. The van der Waals surface area contributed by atoms with Gasteiger partial charge in [-0.05, 0) is 19.3 Å². The van der Waals surface area contributed by atoms with Crippen molar-refractivity contribution < 1.29 is 14.6 Å². The quantitative estimate of drug-likeness (QED) is 0.619. The van der Waals surface area contributed by atoms with Gasteiger partial charge in [-0.3, -0.25) is 4.79 Å². The van der Waals surface area contributed by atoms with Gasteiger partial charge in [0.15, 0.2) is 0 Å². The first kappa shape index (κ1) is 13.4. The predicted octanol–water partition coefficient (Wildman–Crippen LogP) is 0.544. The zero-order valence-corrected chi connectivity index (χ0v) is 9.41. The summed E-state index contributed by atoms with van der Waals surface area (Å²) in [6.45, 7) is 6.00. The molecule has 2 unspecified atom stereocenters. The van der Waals surface area contributed by atoms with Crippen molar-refractivity contribution in [2.24, 2.45) is 5.92 Å². The monoisotopic (exact) mass is 203 g/mol. The van der Waals surface area contributed by atoms with Crippen LogP contribution in [-0.4, -0.2) is 36.9 Å². The van der Waals surface area contributed by atoms with Crippen LogP contribution in [0.3, 0.4) is 0 Å². The van der Waals surface area contributed by atoms with Gasteiger partial charge < -0.3 is 15.2 Å². The van der Waals surface area contributed by atoms with Gasteiger partial charge in [0.1, 0.15) is 6.04 Å². The molecule has 0 saturated carbocycles. The summed E-state index contributed by atoms with van der Waals surface area (Å²) in [7, 11) is 1.37. The van der Waals surface area contributed by atoms with E-state index in [0.29, 0.717) is 12.3 Å². The van der Waals surface area contributed by atoms with Crippen molar-refractivity contribution in [2.75, 3.05) is 13.7 Å². The van der Waals surface area contributed by atoms with Gasteiger partial charge in [-0.15, -0.1) is 0 Å². The van der Waals surface area contributed by atoms with Crippen molar-refractivity contribution in [3.05, 3.63) is 0 Å². The van der Waals surface area contributed by atoms with Gasteiger partial charge in [-0.1, -0.05) is 13.8 Å². The molecule has 0 radical (unpaired) electrons. The molecule has 14 heavy (non-hydrogen) atoms. The second-order valence-electron chi connectivity index (χ2n) is 3.77. The van der Waals surface area contributed by atoms with Gasteiger partial charge in [0.25, 0.3) is 0 Å². The van der Waals surface area contributed by atoms with E-state index in [2.05, 4.69) is 23.9 Å². The van der Waals surface area contributed by atoms with Gasteiger partial charge in [0.2, 0.25) is 0 Å². The lowest BCUT2D eigenvalue weighted by Gasteiger charge is -2.24. The third-order valence-corrected chi connectivity index (χ3v) is 2.26. The summed E-state index contributed by atoms with van der Waals surface area (Å²) in [6.07, 6.45) is 0.652. The highest BCUT2D eigenvalue weighted by molar-refractivity contribution is 5.75. The summed E-state index contributed by atoms with van der Waals surface area (Å²) in [5.74, 6) is 0.114. The smallest absolute Gasteiger partial charge is 0.322 e. The molecule has 0 aliphatic heterocycles. The minimum atomic E-state index is -0.320. The van der Waals surface area contributed by atoms with Crippen molar-refractivity contribution in [3.8, 4) is 0 Å². The molecule has 84 valence electrons. The minimum Gasteiger partial charge on any atom is -0.468 e. The summed E-state index contributed by atoms with van der Waals surface area (Å²) >= 11 is 0. The Balaban J connectivity index is 4.08. The van der Waals surface area contributed by atoms with Crippen LogP contribution in [0, 0.1) is 5.92 Å². The highest BCUT2D eigenvalue weighted by Crippen LogP contribution is 2.06. The molecule has 0 amide bonds. The number of carbonyl (C=O) groups excluding carboxylic acids is 1. The van der Waals surface area contributed by atoms with Crippen LogP contribution >= 0.6 is 0 Å². The van der Waals surface area contributed by atoms with Crippen molar-refractivity contribution in [1.82, 2.24) is 5.32 Å². The first-order valence-electron chi connectivity index (χ1n) is 4.97. The van der Waals surface area contributed by atoms with E-state index in [4.69, 9.17) is 5.11 Å². The van der Waals surface area contributed by atoms with E-state index in [1.807, 2.05) is 0 Å². The van der Waals surface area contributed by atoms with Crippen LogP contribution in [0.2, 0.25) is 0 Å². The molecule has 0 aliphatic rings. The molecule has 0 aromatic rings. The molecule has 0 rings (SSSR count). The Hall–Kier alpha value is -0.610. The number of carbonyl (C=O) groups is 1. The molecule has 0 aliphatic carbocycles. The summed E-state index contributed by atoms with van der Waals surface area (Å²) in [4.78, 5) is 11.1. The number of nitrogens with one attached hydrogen (secondary N) is 1. The average molecular weight is 203 g/mol. The molecular weight excluding hydrogens is 182 g/mol. The van der Waals surface area contributed by atoms with Crippen molar-refractivity contribution >= 4 is 5.97 Å². The van der Waals surface area contributed by atoms with Gasteiger partial charge in [-0.2, -0.15) is 0 Å². The Bertz CT molecular complexity index is 171. The van der Waals surface area contributed by atoms with E-state index < -0.39 is 0 Å². The predicted molar refractivity (Wildman–Crippen MR) is 54.9 cm³/mol. The summed E-state index contributed by atoms with van der Waals surface area (Å²) in [6, 6.07) is -0.173. The van der Waals surface area contributed by atoms with Crippen LogP contribution in [-0.2, 0) is 9.53 Å². The Labute approximate surface area is 85.6 Å². The second kappa shape index (κ2) is 6.79. The fraction of sp³-hybridized carbons (Fsp3) is 0.900.